The van der Waals surface area contributed by atoms with Gasteiger partial charge in [0.1, 0.15) is 6.10 Å². The number of aliphatic carboxylic acids is 1. The van der Waals surface area contributed by atoms with Crippen LogP contribution < -0.4 is 34.7 Å². The molecule has 0 radical (unpaired) electrons. The SMILES string of the molecule is C=CCC(CC)(CC=C)C(=O)O[C@H]1C[C@H](O)C=C2C=C[C@H](C)[C@H](CC[C@@H](O)C[C@@H](O)CC(=O)[O-])[C@H]21.[Na+]. The summed E-state index contributed by atoms with van der Waals surface area (Å²) < 4.78 is 6.14. The number of aliphatic hydroxyl groups is 3. The molecule has 196 valence electrons. The van der Waals surface area contributed by atoms with E-state index in [0.717, 1.165) is 5.57 Å². The normalized spacial score (nSPS) is 27.0. The molecule has 0 amide bonds. The largest absolute Gasteiger partial charge is 1.00 e. The van der Waals surface area contributed by atoms with Gasteiger partial charge in [0.05, 0.1) is 23.7 Å². The smallest absolute Gasteiger partial charge is 0.550 e. The Labute approximate surface area is 237 Å². The number of esters is 1. The molecule has 3 N–H and O–H groups in total. The summed E-state index contributed by atoms with van der Waals surface area (Å²) in [6.45, 7) is 11.6. The van der Waals surface area contributed by atoms with Gasteiger partial charge in [-0.15, -0.1) is 13.2 Å². The fourth-order valence-electron chi connectivity index (χ4n) is 5.58. The van der Waals surface area contributed by atoms with Crippen LogP contribution in [0.3, 0.4) is 0 Å². The number of carboxylic acids is 1. The molecule has 36 heavy (non-hydrogen) atoms. The second-order valence-corrected chi connectivity index (χ2v) is 10.1. The minimum atomic E-state index is -1.35. The van der Waals surface area contributed by atoms with Crippen molar-refractivity contribution in [1.82, 2.24) is 0 Å². The molecule has 7 atom stereocenters. The standard InChI is InChI=1S/C28H42O7.Na/c1-5-12-28(7-3,13-6-2)27(34)35-24-16-21(30)14-19-9-8-18(4)23(26(19)24)11-10-20(29)15-22(31)17-25(32)33;/h5-6,8-9,14,18,20-24,26,29-31H,1-2,7,10-13,15-17H2,3-4H3,(H,32,33);/q;+1/p-1/t18-,20+,21+,22+,23-,24-,26-;/m0./s1. The fourth-order valence-corrected chi connectivity index (χ4v) is 5.58. The third-order valence-corrected chi connectivity index (χ3v) is 7.59. The van der Waals surface area contributed by atoms with Crippen molar-refractivity contribution in [3.05, 3.63) is 49.1 Å². The van der Waals surface area contributed by atoms with Crippen LogP contribution in [-0.4, -0.2) is 51.7 Å². The van der Waals surface area contributed by atoms with Crippen LogP contribution in [0.5, 0.6) is 0 Å². The van der Waals surface area contributed by atoms with E-state index in [4.69, 9.17) is 4.74 Å². The Morgan fingerprint density at radius 2 is 1.89 bits per heavy atom. The van der Waals surface area contributed by atoms with Crippen LogP contribution in [0.1, 0.15) is 65.2 Å². The van der Waals surface area contributed by atoms with E-state index in [0.29, 0.717) is 38.5 Å². The Balaban J connectivity index is 0.00000648. The molecule has 0 aliphatic heterocycles. The molecule has 2 rings (SSSR count). The number of fused-ring (bicyclic) bond motifs is 1. The maximum absolute atomic E-state index is 13.4. The van der Waals surface area contributed by atoms with Gasteiger partial charge in [-0.2, -0.15) is 0 Å². The predicted octanol–water partition coefficient (Wildman–Crippen LogP) is -0.388. The average Bonchev–Trinajstić information content (AvgIpc) is 2.77. The van der Waals surface area contributed by atoms with Crippen LogP contribution in [0, 0.1) is 23.2 Å². The van der Waals surface area contributed by atoms with Crippen molar-refractivity contribution in [3.8, 4) is 0 Å². The quantitative estimate of drug-likeness (QED) is 0.164. The van der Waals surface area contributed by atoms with Crippen molar-refractivity contribution in [2.45, 2.75) is 89.6 Å². The molecule has 0 fully saturated rings. The fraction of sp³-hybridized carbons (Fsp3) is 0.643. The van der Waals surface area contributed by atoms with Crippen molar-refractivity contribution in [3.63, 3.8) is 0 Å². The van der Waals surface area contributed by atoms with E-state index in [-0.39, 0.29) is 59.7 Å². The van der Waals surface area contributed by atoms with Crippen molar-refractivity contribution < 1.29 is 64.3 Å². The molecule has 0 saturated carbocycles. The van der Waals surface area contributed by atoms with Crippen molar-refractivity contribution in [2.75, 3.05) is 0 Å². The maximum Gasteiger partial charge on any atom is 1.00 e. The molecule has 0 aromatic rings. The Bertz CT molecular complexity index is 811. The van der Waals surface area contributed by atoms with Gasteiger partial charge in [-0.1, -0.05) is 44.2 Å². The van der Waals surface area contributed by atoms with Gasteiger partial charge in [0.2, 0.25) is 0 Å². The number of hydrogen-bond donors (Lipinski definition) is 3. The molecule has 0 bridgehead atoms. The van der Waals surface area contributed by atoms with Crippen molar-refractivity contribution in [1.29, 1.82) is 0 Å². The van der Waals surface area contributed by atoms with Gasteiger partial charge >= 0.3 is 35.5 Å². The Kier molecular flexibility index (Phi) is 13.9. The molecule has 0 spiro atoms. The molecule has 0 aromatic carbocycles. The Hall–Kier alpha value is -1.22. The maximum atomic E-state index is 13.4. The zero-order valence-electron chi connectivity index (χ0n) is 22.0. The molecule has 0 saturated heterocycles. The van der Waals surface area contributed by atoms with E-state index >= 15 is 0 Å². The third kappa shape index (κ3) is 8.67. The van der Waals surface area contributed by atoms with Crippen LogP contribution in [-0.2, 0) is 14.3 Å². The minimum Gasteiger partial charge on any atom is -0.550 e. The van der Waals surface area contributed by atoms with Gasteiger partial charge in [0.15, 0.2) is 0 Å². The van der Waals surface area contributed by atoms with Gasteiger partial charge < -0.3 is 30.0 Å². The van der Waals surface area contributed by atoms with Crippen LogP contribution in [0.15, 0.2) is 49.1 Å². The number of hydrogen-bond acceptors (Lipinski definition) is 7. The number of aliphatic hydroxyl groups excluding tert-OH is 3. The van der Waals surface area contributed by atoms with Crippen molar-refractivity contribution >= 4 is 11.9 Å². The Morgan fingerprint density at radius 3 is 2.44 bits per heavy atom. The molecule has 7 nitrogen and oxygen atoms in total. The van der Waals surface area contributed by atoms with Gasteiger partial charge in [0.25, 0.3) is 0 Å². The van der Waals surface area contributed by atoms with Gasteiger partial charge in [-0.25, -0.2) is 0 Å². The van der Waals surface area contributed by atoms with Crippen LogP contribution in [0.25, 0.3) is 0 Å². The van der Waals surface area contributed by atoms with E-state index < -0.39 is 42.2 Å². The summed E-state index contributed by atoms with van der Waals surface area (Å²) in [4.78, 5) is 24.1. The third-order valence-electron chi connectivity index (χ3n) is 7.59. The van der Waals surface area contributed by atoms with E-state index in [1.807, 2.05) is 19.1 Å². The van der Waals surface area contributed by atoms with E-state index in [2.05, 4.69) is 26.2 Å². The number of rotatable bonds is 14. The van der Waals surface area contributed by atoms with Gasteiger partial charge in [-0.3, -0.25) is 4.79 Å². The van der Waals surface area contributed by atoms with Gasteiger partial charge in [0, 0.05) is 24.7 Å². The predicted molar refractivity (Wildman–Crippen MR) is 132 cm³/mol. The van der Waals surface area contributed by atoms with Crippen LogP contribution >= 0.6 is 0 Å². The van der Waals surface area contributed by atoms with E-state index in [9.17, 15) is 30.0 Å². The topological polar surface area (TPSA) is 127 Å². The summed E-state index contributed by atoms with van der Waals surface area (Å²) in [5.41, 5.74) is 0.179. The number of ether oxygens (including phenoxy) is 1. The number of carbonyl (C=O) groups excluding carboxylic acids is 2. The average molecular weight is 513 g/mol. The molecule has 0 unspecified atom stereocenters. The first-order valence-electron chi connectivity index (χ1n) is 12.6. The second kappa shape index (κ2) is 15.3. The summed E-state index contributed by atoms with van der Waals surface area (Å²) >= 11 is 0. The van der Waals surface area contributed by atoms with Crippen LogP contribution in [0.4, 0.5) is 0 Å². The van der Waals surface area contributed by atoms with Crippen LogP contribution in [0.2, 0.25) is 0 Å². The molecule has 2 aliphatic carbocycles. The van der Waals surface area contributed by atoms with E-state index in [1.165, 1.54) is 0 Å². The first-order valence-corrected chi connectivity index (χ1v) is 12.6. The molecular weight excluding hydrogens is 471 g/mol. The summed E-state index contributed by atoms with van der Waals surface area (Å²) in [5.74, 6) is -1.62. The molecule has 2 aliphatic rings. The first kappa shape index (κ1) is 32.8. The molecule has 8 heteroatoms. The summed E-state index contributed by atoms with van der Waals surface area (Å²) in [6, 6.07) is 0. The van der Waals surface area contributed by atoms with Crippen molar-refractivity contribution in [2.24, 2.45) is 23.2 Å². The number of allylic oxidation sites excluding steroid dienone is 4. The molecular formula is C28H41NaO7. The summed E-state index contributed by atoms with van der Waals surface area (Å²) in [7, 11) is 0. The first-order chi connectivity index (χ1) is 16.6. The number of carboxylic acid groups (broad SMARTS) is 1. The zero-order valence-corrected chi connectivity index (χ0v) is 24.0. The molecule has 0 aromatic heterocycles. The van der Waals surface area contributed by atoms with E-state index in [1.54, 1.807) is 12.2 Å². The monoisotopic (exact) mass is 512 g/mol. The summed E-state index contributed by atoms with van der Waals surface area (Å²) in [6.07, 6.45) is 8.24. The summed E-state index contributed by atoms with van der Waals surface area (Å²) in [5, 5.41) is 41.4. The zero-order chi connectivity index (χ0) is 26.2. The second-order valence-electron chi connectivity index (χ2n) is 10.1. The van der Waals surface area contributed by atoms with Gasteiger partial charge in [-0.05, 0) is 55.9 Å². The number of carbonyl (C=O) groups is 2. The minimum absolute atomic E-state index is 0. The molecule has 0 heterocycles. The Morgan fingerprint density at radius 1 is 1.25 bits per heavy atom.